The molecule has 0 radical (unpaired) electrons. The normalized spacial score (nSPS) is 10.7. The Bertz CT molecular complexity index is 1150. The number of anilines is 2. The molecule has 0 bridgehead atoms. The van der Waals surface area contributed by atoms with Crippen LogP contribution in [0.4, 0.5) is 11.5 Å². The molecular weight excluding hydrogens is 416 g/mol. The summed E-state index contributed by atoms with van der Waals surface area (Å²) >= 11 is 11.4. The summed E-state index contributed by atoms with van der Waals surface area (Å²) in [6, 6.07) is 18.0. The molecule has 8 heteroatoms. The van der Waals surface area contributed by atoms with Crippen LogP contribution in [-0.2, 0) is 13.1 Å². The van der Waals surface area contributed by atoms with Gasteiger partial charge in [-0.2, -0.15) is 10.2 Å². The average Bonchev–Trinajstić information content (AvgIpc) is 3.33. The Morgan fingerprint density at radius 2 is 1.80 bits per heavy atom. The summed E-state index contributed by atoms with van der Waals surface area (Å²) in [7, 11) is 0. The van der Waals surface area contributed by atoms with Gasteiger partial charge in [-0.05, 0) is 42.4 Å². The first kappa shape index (κ1) is 20.1. The summed E-state index contributed by atoms with van der Waals surface area (Å²) in [4.78, 5) is 0. The molecule has 4 aromatic rings. The van der Waals surface area contributed by atoms with Crippen LogP contribution >= 0.6 is 23.8 Å². The fourth-order valence-electron chi connectivity index (χ4n) is 3.01. The van der Waals surface area contributed by atoms with Crippen molar-refractivity contribution in [1.82, 2.24) is 19.6 Å². The van der Waals surface area contributed by atoms with Gasteiger partial charge < -0.3 is 10.6 Å². The van der Waals surface area contributed by atoms with Crippen molar-refractivity contribution in [2.45, 2.75) is 20.0 Å². The highest BCUT2D eigenvalue weighted by Crippen LogP contribution is 2.14. The Hall–Kier alpha value is -3.16. The third-order valence-electron chi connectivity index (χ3n) is 4.47. The lowest BCUT2D eigenvalue weighted by atomic mass is 10.1. The van der Waals surface area contributed by atoms with Crippen LogP contribution in [0.25, 0.3) is 0 Å². The molecule has 152 valence electrons. The second kappa shape index (κ2) is 9.11. The molecule has 2 heterocycles. The Labute approximate surface area is 185 Å². The lowest BCUT2D eigenvalue weighted by Gasteiger charge is -2.07. The fourth-order valence-corrected chi connectivity index (χ4v) is 3.45. The Balaban J connectivity index is 1.31. The standard InChI is InChI=1S/C22H21ClN6S/c1-16-5-7-17(8-6-16)13-28-10-9-21(27-28)26-22(30)25-20-12-24-29(15-20)14-18-3-2-4-19(23)11-18/h2-12,15H,13-14H2,1H3,(H2,25,26,27,30). The van der Waals surface area contributed by atoms with Gasteiger partial charge in [0.05, 0.1) is 25.0 Å². The molecule has 2 aromatic heterocycles. The maximum atomic E-state index is 6.04. The van der Waals surface area contributed by atoms with Crippen LogP contribution in [-0.4, -0.2) is 24.7 Å². The number of thiocarbonyl (C=S) groups is 1. The van der Waals surface area contributed by atoms with E-state index in [1.54, 1.807) is 6.20 Å². The molecule has 0 aliphatic carbocycles. The van der Waals surface area contributed by atoms with Crippen molar-refractivity contribution in [3.8, 4) is 0 Å². The topological polar surface area (TPSA) is 59.7 Å². The van der Waals surface area contributed by atoms with Gasteiger partial charge in [-0.1, -0.05) is 53.6 Å². The van der Waals surface area contributed by atoms with Gasteiger partial charge >= 0.3 is 0 Å². The molecule has 2 N–H and O–H groups in total. The van der Waals surface area contributed by atoms with Crippen LogP contribution in [0, 0.1) is 6.92 Å². The van der Waals surface area contributed by atoms with E-state index in [0.717, 1.165) is 11.3 Å². The van der Waals surface area contributed by atoms with Gasteiger partial charge in [-0.3, -0.25) is 9.36 Å². The summed E-state index contributed by atoms with van der Waals surface area (Å²) in [5, 5.41) is 16.3. The zero-order valence-electron chi connectivity index (χ0n) is 16.4. The minimum Gasteiger partial charge on any atom is -0.330 e. The summed E-state index contributed by atoms with van der Waals surface area (Å²) < 4.78 is 3.70. The van der Waals surface area contributed by atoms with Crippen molar-refractivity contribution in [2.75, 3.05) is 10.6 Å². The molecule has 0 fully saturated rings. The van der Waals surface area contributed by atoms with Crippen LogP contribution in [0.2, 0.25) is 5.02 Å². The van der Waals surface area contributed by atoms with E-state index in [9.17, 15) is 0 Å². The largest absolute Gasteiger partial charge is 0.330 e. The molecule has 0 spiro atoms. The summed E-state index contributed by atoms with van der Waals surface area (Å²) in [5.74, 6) is 0.686. The zero-order valence-corrected chi connectivity index (χ0v) is 18.0. The second-order valence-electron chi connectivity index (χ2n) is 7.02. The maximum Gasteiger partial charge on any atom is 0.176 e. The van der Waals surface area contributed by atoms with Gasteiger partial charge in [0.2, 0.25) is 0 Å². The van der Waals surface area contributed by atoms with Gasteiger partial charge in [0.25, 0.3) is 0 Å². The van der Waals surface area contributed by atoms with E-state index in [4.69, 9.17) is 23.8 Å². The third-order valence-corrected chi connectivity index (χ3v) is 4.91. The third kappa shape index (κ3) is 5.46. The molecule has 30 heavy (non-hydrogen) atoms. The Kier molecular flexibility index (Phi) is 6.11. The van der Waals surface area contributed by atoms with E-state index >= 15 is 0 Å². The van der Waals surface area contributed by atoms with Gasteiger partial charge in [0.15, 0.2) is 10.9 Å². The molecule has 2 aromatic carbocycles. The average molecular weight is 437 g/mol. The van der Waals surface area contributed by atoms with E-state index < -0.39 is 0 Å². The quantitative estimate of drug-likeness (QED) is 0.419. The first-order chi connectivity index (χ1) is 14.5. The van der Waals surface area contributed by atoms with Crippen LogP contribution in [0.3, 0.4) is 0 Å². The van der Waals surface area contributed by atoms with Crippen molar-refractivity contribution >= 4 is 40.4 Å². The maximum absolute atomic E-state index is 6.04. The molecule has 0 aliphatic rings. The second-order valence-corrected chi connectivity index (χ2v) is 7.86. The lowest BCUT2D eigenvalue weighted by molar-refractivity contribution is 0.687. The predicted molar refractivity (Wildman–Crippen MR) is 125 cm³/mol. The van der Waals surface area contributed by atoms with Crippen molar-refractivity contribution < 1.29 is 0 Å². The minimum absolute atomic E-state index is 0.456. The van der Waals surface area contributed by atoms with E-state index in [1.165, 1.54) is 11.1 Å². The smallest absolute Gasteiger partial charge is 0.176 e. The molecule has 0 saturated carbocycles. The highest BCUT2D eigenvalue weighted by atomic mass is 35.5. The number of nitrogens with zero attached hydrogens (tertiary/aromatic N) is 4. The molecule has 0 saturated heterocycles. The number of rotatable bonds is 6. The van der Waals surface area contributed by atoms with E-state index in [2.05, 4.69) is 52.0 Å². The van der Waals surface area contributed by atoms with E-state index in [0.29, 0.717) is 29.0 Å². The van der Waals surface area contributed by atoms with Gasteiger partial charge in [0, 0.05) is 23.5 Å². The monoisotopic (exact) mass is 436 g/mol. The molecule has 0 aliphatic heterocycles. The summed E-state index contributed by atoms with van der Waals surface area (Å²) in [6.45, 7) is 3.42. The van der Waals surface area contributed by atoms with Crippen molar-refractivity contribution in [2.24, 2.45) is 0 Å². The molecule has 0 unspecified atom stereocenters. The molecule has 0 atom stereocenters. The van der Waals surface area contributed by atoms with Crippen molar-refractivity contribution in [3.63, 3.8) is 0 Å². The number of hydrogen-bond acceptors (Lipinski definition) is 3. The highest BCUT2D eigenvalue weighted by molar-refractivity contribution is 7.80. The molecule has 6 nitrogen and oxygen atoms in total. The predicted octanol–water partition coefficient (Wildman–Crippen LogP) is 4.95. The van der Waals surface area contributed by atoms with Gasteiger partial charge in [-0.25, -0.2) is 0 Å². The Morgan fingerprint density at radius 1 is 1.00 bits per heavy atom. The van der Waals surface area contributed by atoms with Gasteiger partial charge in [0.1, 0.15) is 0 Å². The molecular formula is C22H21ClN6S. The number of nitrogens with one attached hydrogen (secondary N) is 2. The first-order valence-corrected chi connectivity index (χ1v) is 10.3. The first-order valence-electron chi connectivity index (χ1n) is 9.47. The van der Waals surface area contributed by atoms with Crippen LogP contribution in [0.15, 0.2) is 73.2 Å². The lowest BCUT2D eigenvalue weighted by Crippen LogP contribution is -2.19. The molecule has 4 rings (SSSR count). The van der Waals surface area contributed by atoms with Crippen molar-refractivity contribution in [3.05, 3.63) is 94.9 Å². The van der Waals surface area contributed by atoms with Gasteiger partial charge in [-0.15, -0.1) is 0 Å². The number of hydrogen-bond donors (Lipinski definition) is 2. The number of aryl methyl sites for hydroxylation is 1. The SMILES string of the molecule is Cc1ccc(Cn2ccc(NC(=S)Nc3cnn(Cc4cccc(Cl)c4)c3)n2)cc1. The summed E-state index contributed by atoms with van der Waals surface area (Å²) in [6.07, 6.45) is 5.55. The number of aromatic nitrogens is 4. The molecule has 0 amide bonds. The minimum atomic E-state index is 0.456. The van der Waals surface area contributed by atoms with E-state index in [1.807, 2.05) is 52.1 Å². The highest BCUT2D eigenvalue weighted by Gasteiger charge is 2.06. The summed E-state index contributed by atoms with van der Waals surface area (Å²) in [5.41, 5.74) is 4.32. The van der Waals surface area contributed by atoms with Crippen molar-refractivity contribution in [1.29, 1.82) is 0 Å². The van der Waals surface area contributed by atoms with Crippen LogP contribution < -0.4 is 10.6 Å². The number of halogens is 1. The zero-order chi connectivity index (χ0) is 20.9. The Morgan fingerprint density at radius 3 is 2.60 bits per heavy atom. The van der Waals surface area contributed by atoms with E-state index in [-0.39, 0.29) is 0 Å². The number of benzene rings is 2. The van der Waals surface area contributed by atoms with Crippen LogP contribution in [0.1, 0.15) is 16.7 Å². The fraction of sp³-hybridized carbons (Fsp3) is 0.136. The van der Waals surface area contributed by atoms with Crippen LogP contribution in [0.5, 0.6) is 0 Å².